The van der Waals surface area contributed by atoms with Gasteiger partial charge in [0.25, 0.3) is 0 Å². The van der Waals surface area contributed by atoms with Crippen molar-refractivity contribution in [2.45, 2.75) is 25.6 Å². The topological polar surface area (TPSA) is 92.0 Å². The molecule has 0 atom stereocenters. The number of H-pyrrole nitrogens is 1. The van der Waals surface area contributed by atoms with Crippen molar-refractivity contribution >= 4 is 23.0 Å². The zero-order valence-electron chi connectivity index (χ0n) is 15.1. The largest absolute Gasteiger partial charge is 0.416 e. The van der Waals surface area contributed by atoms with Crippen LogP contribution in [0.5, 0.6) is 0 Å². The summed E-state index contributed by atoms with van der Waals surface area (Å²) in [6, 6.07) is 5.36. The number of amides is 1. The Morgan fingerprint density at radius 2 is 1.89 bits per heavy atom. The quantitative estimate of drug-likeness (QED) is 0.590. The Morgan fingerprint density at radius 3 is 2.50 bits per heavy atom. The number of rotatable bonds is 4. The molecule has 0 bridgehead atoms. The molecule has 0 saturated carbocycles. The number of hydrogen-bond acceptors (Lipinski definition) is 3. The van der Waals surface area contributed by atoms with Crippen molar-refractivity contribution in [1.82, 2.24) is 9.97 Å². The van der Waals surface area contributed by atoms with E-state index in [4.69, 9.17) is 5.73 Å². The molecular formula is C20H18F3N3O2. The number of aliphatic hydroxyl groups is 1. The number of benzene rings is 1. The third-order valence-corrected chi connectivity index (χ3v) is 4.31. The van der Waals surface area contributed by atoms with Crippen LogP contribution in [0.15, 0.2) is 42.7 Å². The lowest BCUT2D eigenvalue weighted by Crippen LogP contribution is -2.22. The molecule has 0 fully saturated rings. The van der Waals surface area contributed by atoms with Crippen molar-refractivity contribution in [3.05, 3.63) is 59.4 Å². The van der Waals surface area contributed by atoms with Gasteiger partial charge in [0.2, 0.25) is 5.91 Å². The predicted molar refractivity (Wildman–Crippen MR) is 100 cm³/mol. The number of carbonyl (C=O) groups is 1. The number of primary amides is 1. The summed E-state index contributed by atoms with van der Waals surface area (Å²) in [4.78, 5) is 18.2. The minimum Gasteiger partial charge on any atom is -0.386 e. The summed E-state index contributed by atoms with van der Waals surface area (Å²) in [5, 5.41) is 10.9. The van der Waals surface area contributed by atoms with E-state index in [0.29, 0.717) is 27.7 Å². The Labute approximate surface area is 158 Å². The average Bonchev–Trinajstić information content (AvgIpc) is 3.00. The van der Waals surface area contributed by atoms with E-state index in [-0.39, 0.29) is 5.56 Å². The highest BCUT2D eigenvalue weighted by molar-refractivity contribution is 5.95. The van der Waals surface area contributed by atoms with Gasteiger partial charge in [-0.05, 0) is 49.2 Å². The zero-order valence-corrected chi connectivity index (χ0v) is 15.1. The lowest BCUT2D eigenvalue weighted by Gasteiger charge is -2.24. The smallest absolute Gasteiger partial charge is 0.386 e. The maximum atomic E-state index is 13.3. The maximum absolute atomic E-state index is 13.3. The fourth-order valence-corrected chi connectivity index (χ4v) is 2.97. The predicted octanol–water partition coefficient (Wildman–Crippen LogP) is 3.97. The van der Waals surface area contributed by atoms with Gasteiger partial charge in [0.05, 0.1) is 11.2 Å². The normalized spacial score (nSPS) is 12.8. The highest BCUT2D eigenvalue weighted by Crippen LogP contribution is 2.39. The Balaban J connectivity index is 2.14. The van der Waals surface area contributed by atoms with Gasteiger partial charge >= 0.3 is 6.18 Å². The highest BCUT2D eigenvalue weighted by Gasteiger charge is 2.37. The van der Waals surface area contributed by atoms with Crippen LogP contribution >= 0.6 is 0 Å². The van der Waals surface area contributed by atoms with Crippen molar-refractivity contribution < 1.29 is 23.1 Å². The molecule has 5 nitrogen and oxygen atoms in total. The van der Waals surface area contributed by atoms with Crippen molar-refractivity contribution in [2.75, 3.05) is 0 Å². The molecule has 1 amide bonds. The number of hydrogen-bond donors (Lipinski definition) is 3. The van der Waals surface area contributed by atoms with Crippen LogP contribution in [0, 0.1) is 0 Å². The fourth-order valence-electron chi connectivity index (χ4n) is 2.97. The second kappa shape index (κ2) is 6.79. The number of carbonyl (C=O) groups excluding carboxylic acids is 1. The summed E-state index contributed by atoms with van der Waals surface area (Å²) in [5.74, 6) is -0.601. The van der Waals surface area contributed by atoms with Crippen LogP contribution in [0.25, 0.3) is 28.2 Å². The van der Waals surface area contributed by atoms with Gasteiger partial charge in [-0.15, -0.1) is 0 Å². The summed E-state index contributed by atoms with van der Waals surface area (Å²) in [6.45, 7) is 2.61. The van der Waals surface area contributed by atoms with Crippen LogP contribution in [0.4, 0.5) is 13.2 Å². The summed E-state index contributed by atoms with van der Waals surface area (Å²) in [6.07, 6.45) is 1.33. The molecular weight excluding hydrogens is 371 g/mol. The number of nitrogens with zero attached hydrogens (tertiary/aromatic N) is 1. The minimum absolute atomic E-state index is 0.222. The van der Waals surface area contributed by atoms with Gasteiger partial charge in [-0.3, -0.25) is 4.79 Å². The fraction of sp³-hybridized carbons (Fsp3) is 0.200. The Hall–Kier alpha value is -3.13. The van der Waals surface area contributed by atoms with Crippen LogP contribution in [-0.4, -0.2) is 21.0 Å². The van der Waals surface area contributed by atoms with E-state index in [2.05, 4.69) is 9.97 Å². The highest BCUT2D eigenvalue weighted by atomic mass is 19.4. The summed E-state index contributed by atoms with van der Waals surface area (Å²) in [7, 11) is 0. The molecule has 8 heteroatoms. The Kier molecular flexibility index (Phi) is 4.76. The number of pyridine rings is 1. The monoisotopic (exact) mass is 389 g/mol. The van der Waals surface area contributed by atoms with Crippen LogP contribution in [-0.2, 0) is 16.6 Å². The van der Waals surface area contributed by atoms with Crippen molar-refractivity contribution in [3.63, 3.8) is 0 Å². The molecule has 2 heterocycles. The van der Waals surface area contributed by atoms with E-state index in [1.54, 1.807) is 12.3 Å². The molecule has 146 valence electrons. The molecule has 1 aromatic carbocycles. The second-order valence-electron chi connectivity index (χ2n) is 6.92. The van der Waals surface area contributed by atoms with Gasteiger partial charge in [0.1, 0.15) is 5.65 Å². The molecule has 0 spiro atoms. The maximum Gasteiger partial charge on any atom is 0.416 e. The molecule has 2 aromatic heterocycles. The summed E-state index contributed by atoms with van der Waals surface area (Å²) >= 11 is 0. The third kappa shape index (κ3) is 3.91. The molecule has 0 saturated heterocycles. The summed E-state index contributed by atoms with van der Waals surface area (Å²) in [5.41, 5.74) is 4.60. The molecule has 3 aromatic rings. The Bertz CT molecular complexity index is 1080. The van der Waals surface area contributed by atoms with E-state index in [9.17, 15) is 23.1 Å². The van der Waals surface area contributed by atoms with Gasteiger partial charge in [-0.2, -0.15) is 13.2 Å². The van der Waals surface area contributed by atoms with Gasteiger partial charge in [0, 0.05) is 35.0 Å². The molecule has 0 aliphatic heterocycles. The van der Waals surface area contributed by atoms with E-state index >= 15 is 0 Å². The molecule has 28 heavy (non-hydrogen) atoms. The molecule has 0 aliphatic carbocycles. The first-order valence-electron chi connectivity index (χ1n) is 8.36. The van der Waals surface area contributed by atoms with Crippen molar-refractivity contribution in [1.29, 1.82) is 0 Å². The van der Waals surface area contributed by atoms with Crippen molar-refractivity contribution in [3.8, 4) is 11.1 Å². The standard InChI is InChI=1S/C20H18F3N3O2/c1-19(2,28)16-8-11(3-5-15(16)20(21,22)23)13-7-14-12(4-6-17(24)27)9-25-18(14)26-10-13/h3-10,28H,1-2H3,(H2,24,27)(H,25,26)/b6-4+. The van der Waals surface area contributed by atoms with E-state index in [1.165, 1.54) is 44.3 Å². The number of nitrogens with two attached hydrogens (primary N) is 1. The van der Waals surface area contributed by atoms with Crippen LogP contribution < -0.4 is 5.73 Å². The number of halogens is 3. The van der Waals surface area contributed by atoms with Crippen molar-refractivity contribution in [2.24, 2.45) is 5.73 Å². The minimum atomic E-state index is -4.58. The van der Waals surface area contributed by atoms with Gasteiger partial charge in [-0.25, -0.2) is 4.98 Å². The molecule has 3 rings (SSSR count). The van der Waals surface area contributed by atoms with Gasteiger partial charge < -0.3 is 15.8 Å². The molecule has 4 N–H and O–H groups in total. The van der Waals surface area contributed by atoms with E-state index < -0.39 is 23.2 Å². The summed E-state index contributed by atoms with van der Waals surface area (Å²) < 4.78 is 39.9. The number of alkyl halides is 3. The van der Waals surface area contributed by atoms with Crippen LogP contribution in [0.3, 0.4) is 0 Å². The van der Waals surface area contributed by atoms with Crippen LogP contribution in [0.2, 0.25) is 0 Å². The molecule has 0 unspecified atom stereocenters. The Morgan fingerprint density at radius 1 is 1.18 bits per heavy atom. The lowest BCUT2D eigenvalue weighted by atomic mass is 9.89. The van der Waals surface area contributed by atoms with E-state index in [0.717, 1.165) is 6.07 Å². The number of nitrogens with one attached hydrogen (secondary N) is 1. The van der Waals surface area contributed by atoms with Gasteiger partial charge in [0.15, 0.2) is 0 Å². The number of aromatic nitrogens is 2. The first-order chi connectivity index (χ1) is 13.0. The number of aromatic amines is 1. The molecule has 0 aliphatic rings. The molecule has 0 radical (unpaired) electrons. The third-order valence-electron chi connectivity index (χ3n) is 4.31. The average molecular weight is 389 g/mol. The zero-order chi connectivity index (χ0) is 20.7. The van der Waals surface area contributed by atoms with E-state index in [1.807, 2.05) is 0 Å². The van der Waals surface area contributed by atoms with Gasteiger partial charge in [-0.1, -0.05) is 6.07 Å². The van der Waals surface area contributed by atoms with Crippen LogP contribution in [0.1, 0.15) is 30.5 Å². The first-order valence-corrected chi connectivity index (χ1v) is 8.36. The lowest BCUT2D eigenvalue weighted by molar-refractivity contribution is -0.140. The first kappa shape index (κ1) is 19.6. The number of fused-ring (bicyclic) bond motifs is 1. The SMILES string of the molecule is CC(C)(O)c1cc(-c2cnc3[nH]cc(/C=C/C(N)=O)c3c2)ccc1C(F)(F)F. The second-order valence-corrected chi connectivity index (χ2v) is 6.92.